The lowest BCUT2D eigenvalue weighted by molar-refractivity contribution is 0.415. The van der Waals surface area contributed by atoms with Crippen molar-refractivity contribution in [3.05, 3.63) is 66.7 Å². The summed E-state index contributed by atoms with van der Waals surface area (Å²) in [5.74, 6) is 0.556. The van der Waals surface area contributed by atoms with Gasteiger partial charge in [-0.1, -0.05) is 37.4 Å². The van der Waals surface area contributed by atoms with E-state index >= 15 is 0 Å². The number of hydrogen-bond acceptors (Lipinski definition) is 3. The summed E-state index contributed by atoms with van der Waals surface area (Å²) in [6, 6.07) is 8.62. The molecule has 0 saturated heterocycles. The van der Waals surface area contributed by atoms with Crippen molar-refractivity contribution in [2.24, 2.45) is 5.73 Å². The van der Waals surface area contributed by atoms with Crippen LogP contribution in [0.2, 0.25) is 0 Å². The predicted molar refractivity (Wildman–Crippen MR) is 114 cm³/mol. The molecule has 0 spiro atoms. The van der Waals surface area contributed by atoms with Crippen LogP contribution < -0.4 is 5.73 Å². The molecule has 1 aromatic heterocycles. The van der Waals surface area contributed by atoms with E-state index < -0.39 is 0 Å². The first-order valence-electron chi connectivity index (χ1n) is 7.73. The summed E-state index contributed by atoms with van der Waals surface area (Å²) in [5, 5.41) is 1.36. The molecule has 2 N–H and O–H groups in total. The Hall–Kier alpha value is -1.55. The van der Waals surface area contributed by atoms with Crippen LogP contribution in [0.4, 0.5) is 0 Å². The Bertz CT molecular complexity index is 644. The lowest BCUT2D eigenvalue weighted by Gasteiger charge is -2.09. The molecule has 24 heavy (non-hydrogen) atoms. The number of thiophene rings is 1. The Balaban J connectivity index is 0.000000648. The third kappa shape index (κ3) is 7.82. The third-order valence-corrected chi connectivity index (χ3v) is 4.44. The number of benzene rings is 1. The minimum atomic E-state index is 0.556. The monoisotopic (exact) mass is 364 g/mol. The molecule has 0 aliphatic heterocycles. The Morgan fingerprint density at radius 3 is 2.29 bits per heavy atom. The molecular weight excluding hydrogens is 336 g/mol. The van der Waals surface area contributed by atoms with Gasteiger partial charge in [-0.2, -0.15) is 0 Å². The zero-order chi connectivity index (χ0) is 18.5. The maximum absolute atomic E-state index is 5.07. The molecule has 0 amide bonds. The second-order valence-corrected chi connectivity index (χ2v) is 6.85. The van der Waals surface area contributed by atoms with E-state index in [0.29, 0.717) is 5.88 Å². The average molecular weight is 365 g/mol. The van der Waals surface area contributed by atoms with Gasteiger partial charge in [0.15, 0.2) is 0 Å². The van der Waals surface area contributed by atoms with Crippen LogP contribution in [0.5, 0.6) is 0 Å². The van der Waals surface area contributed by atoms with Crippen molar-refractivity contribution in [3.63, 3.8) is 0 Å². The minimum absolute atomic E-state index is 0.556. The van der Waals surface area contributed by atoms with Crippen LogP contribution in [-0.2, 0) is 6.42 Å². The van der Waals surface area contributed by atoms with Crippen LogP contribution in [0, 0.1) is 0 Å². The molecule has 1 heterocycles. The molecule has 0 aliphatic rings. The van der Waals surface area contributed by atoms with E-state index in [2.05, 4.69) is 75.7 Å². The fourth-order valence-corrected chi connectivity index (χ4v) is 3.34. The average Bonchev–Trinajstić information content (AvgIpc) is 2.92. The van der Waals surface area contributed by atoms with E-state index in [0.717, 1.165) is 13.0 Å². The van der Waals surface area contributed by atoms with Gasteiger partial charge in [-0.3, -0.25) is 0 Å². The zero-order valence-electron chi connectivity index (χ0n) is 15.0. The summed E-state index contributed by atoms with van der Waals surface area (Å²) in [6.07, 6.45) is 4.00. The highest BCUT2D eigenvalue weighted by Gasteiger charge is 2.12. The number of rotatable bonds is 5. The predicted octanol–water partition coefficient (Wildman–Crippen LogP) is 5.54. The van der Waals surface area contributed by atoms with Crippen LogP contribution in [-0.4, -0.2) is 31.4 Å². The van der Waals surface area contributed by atoms with E-state index in [-0.39, 0.29) is 0 Å². The number of nitrogens with two attached hydrogens (primary N) is 1. The quantitative estimate of drug-likeness (QED) is 0.557. The van der Waals surface area contributed by atoms with Gasteiger partial charge in [-0.15, -0.1) is 29.5 Å². The summed E-state index contributed by atoms with van der Waals surface area (Å²) < 4.78 is 1.37. The van der Waals surface area contributed by atoms with Crippen LogP contribution in [0.15, 0.2) is 56.3 Å². The molecule has 0 fully saturated rings. The van der Waals surface area contributed by atoms with Crippen molar-refractivity contribution in [1.29, 1.82) is 0 Å². The second kappa shape index (κ2) is 12.8. The Labute approximate surface area is 155 Å². The van der Waals surface area contributed by atoms with Gasteiger partial charge in [-0.05, 0) is 50.8 Å². The van der Waals surface area contributed by atoms with E-state index in [9.17, 15) is 0 Å². The van der Waals surface area contributed by atoms with Crippen molar-refractivity contribution in [2.75, 3.05) is 26.5 Å². The van der Waals surface area contributed by atoms with Crippen molar-refractivity contribution in [3.8, 4) is 0 Å². The summed E-state index contributed by atoms with van der Waals surface area (Å²) >= 11 is 6.97. The standard InChI is InChI=1S/C15H19NS.C3H5Cl.C2H5N/c1-11(2)15-12-7-5-6-8-13(12)17-14(15)9-10-16(3)4;1-2-3-4;1-2-3/h5-8H,1,9-10H2,2-4H3;2H,1,3H2;2H,1,3H2. The molecule has 0 saturated carbocycles. The van der Waals surface area contributed by atoms with Crippen molar-refractivity contribution in [2.45, 2.75) is 13.3 Å². The van der Waals surface area contributed by atoms with Crippen LogP contribution in [0.25, 0.3) is 15.7 Å². The fraction of sp³-hybridized carbons (Fsp3) is 0.300. The van der Waals surface area contributed by atoms with E-state index in [1.54, 1.807) is 6.08 Å². The molecule has 0 aliphatic carbocycles. The van der Waals surface area contributed by atoms with Gasteiger partial charge >= 0.3 is 0 Å². The number of alkyl halides is 1. The molecule has 0 atom stereocenters. The lowest BCUT2D eigenvalue weighted by Crippen LogP contribution is -2.14. The summed E-state index contributed by atoms with van der Waals surface area (Å²) in [7, 11) is 4.24. The Morgan fingerprint density at radius 2 is 1.83 bits per heavy atom. The van der Waals surface area contributed by atoms with Crippen LogP contribution in [0.1, 0.15) is 17.4 Å². The SMILES string of the molecule is C=C(C)c1c(CCN(C)C)sc2ccccc12.C=CCCl.C=CN. The highest BCUT2D eigenvalue weighted by atomic mass is 35.5. The van der Waals surface area contributed by atoms with Gasteiger partial charge in [0, 0.05) is 27.4 Å². The smallest absolute Gasteiger partial charge is 0.0401 e. The first-order chi connectivity index (χ1) is 11.4. The molecule has 0 radical (unpaired) electrons. The maximum Gasteiger partial charge on any atom is 0.0401 e. The number of likely N-dealkylation sites (N-methyl/N-ethyl adjacent to an activating group) is 1. The first kappa shape index (κ1) is 22.4. The number of fused-ring (bicyclic) bond motifs is 1. The maximum atomic E-state index is 5.07. The summed E-state index contributed by atoms with van der Waals surface area (Å²) in [4.78, 5) is 3.69. The van der Waals surface area contributed by atoms with Gasteiger partial charge in [0.2, 0.25) is 0 Å². The van der Waals surface area contributed by atoms with Gasteiger partial charge in [0.25, 0.3) is 0 Å². The lowest BCUT2D eigenvalue weighted by atomic mass is 10.0. The molecule has 0 unspecified atom stereocenters. The van der Waals surface area contributed by atoms with Crippen LogP contribution in [0.3, 0.4) is 0 Å². The summed E-state index contributed by atoms with van der Waals surface area (Å²) in [5.41, 5.74) is 7.16. The molecule has 4 heteroatoms. The number of halogens is 1. The molecular formula is C20H29ClN2S. The topological polar surface area (TPSA) is 29.3 Å². The van der Waals surface area contributed by atoms with Crippen molar-refractivity contribution >= 4 is 38.6 Å². The van der Waals surface area contributed by atoms with Gasteiger partial charge in [0.05, 0.1) is 0 Å². The first-order valence-corrected chi connectivity index (χ1v) is 9.08. The molecule has 1 aromatic carbocycles. The third-order valence-electron chi connectivity index (χ3n) is 2.99. The minimum Gasteiger partial charge on any atom is -0.405 e. The van der Waals surface area contributed by atoms with Gasteiger partial charge in [0.1, 0.15) is 0 Å². The normalized spacial score (nSPS) is 9.54. The molecule has 132 valence electrons. The number of nitrogens with zero attached hydrogens (tertiary/aromatic N) is 1. The fourth-order valence-electron chi connectivity index (χ4n) is 2.07. The molecule has 2 aromatic rings. The zero-order valence-corrected chi connectivity index (χ0v) is 16.6. The van der Waals surface area contributed by atoms with E-state index in [4.69, 9.17) is 11.6 Å². The molecule has 2 nitrogen and oxygen atoms in total. The van der Waals surface area contributed by atoms with Gasteiger partial charge < -0.3 is 10.6 Å². The summed E-state index contributed by atoms with van der Waals surface area (Å²) in [6.45, 7) is 13.8. The Morgan fingerprint density at radius 1 is 1.29 bits per heavy atom. The second-order valence-electron chi connectivity index (χ2n) is 5.41. The van der Waals surface area contributed by atoms with Crippen LogP contribution >= 0.6 is 22.9 Å². The highest BCUT2D eigenvalue weighted by molar-refractivity contribution is 7.19. The number of allylic oxidation sites excluding steroid dienone is 2. The van der Waals surface area contributed by atoms with Gasteiger partial charge in [-0.25, -0.2) is 0 Å². The van der Waals surface area contributed by atoms with Crippen molar-refractivity contribution < 1.29 is 0 Å². The number of hydrogen-bond donors (Lipinski definition) is 1. The molecule has 2 rings (SSSR count). The Kier molecular flexibility index (Phi) is 12.0. The van der Waals surface area contributed by atoms with E-state index in [1.165, 1.54) is 32.3 Å². The van der Waals surface area contributed by atoms with E-state index in [1.807, 2.05) is 11.3 Å². The van der Waals surface area contributed by atoms with Crippen molar-refractivity contribution in [1.82, 2.24) is 4.90 Å². The largest absolute Gasteiger partial charge is 0.405 e. The highest BCUT2D eigenvalue weighted by Crippen LogP contribution is 2.35. The molecule has 0 bridgehead atoms.